The van der Waals surface area contributed by atoms with Crippen molar-refractivity contribution in [3.63, 3.8) is 0 Å². The topological polar surface area (TPSA) is 103 Å². The molecule has 1 aliphatic rings. The standard InChI is InChI=1S/C19H23NO6S/c1-11-4-5-16-14(9-25-18(16)12(11)2)8-17(21)26-13(3)19(22)20-15-6-7-27(23,24)10-15/h4-5,9,13,15H,6-8,10H2,1-3H3,(H,20,22)/t13-,15+/m0/s1. The zero-order chi connectivity index (χ0) is 19.8. The summed E-state index contributed by atoms with van der Waals surface area (Å²) in [5, 5.41) is 3.48. The van der Waals surface area contributed by atoms with Gasteiger partial charge < -0.3 is 14.5 Å². The van der Waals surface area contributed by atoms with E-state index in [4.69, 9.17) is 9.15 Å². The molecule has 146 valence electrons. The van der Waals surface area contributed by atoms with Crippen molar-refractivity contribution in [3.05, 3.63) is 35.1 Å². The molecule has 1 aromatic heterocycles. The van der Waals surface area contributed by atoms with E-state index in [1.54, 1.807) is 0 Å². The summed E-state index contributed by atoms with van der Waals surface area (Å²) in [5.74, 6) is -1.04. The lowest BCUT2D eigenvalue weighted by atomic mass is 10.0. The zero-order valence-electron chi connectivity index (χ0n) is 15.6. The summed E-state index contributed by atoms with van der Waals surface area (Å²) in [6, 6.07) is 3.45. The van der Waals surface area contributed by atoms with Crippen LogP contribution in [0.4, 0.5) is 0 Å². The van der Waals surface area contributed by atoms with E-state index in [2.05, 4.69) is 5.32 Å². The quantitative estimate of drug-likeness (QED) is 0.778. The number of esters is 1. The maximum atomic E-state index is 12.2. The number of amides is 1. The highest BCUT2D eigenvalue weighted by molar-refractivity contribution is 7.91. The minimum atomic E-state index is -3.08. The smallest absolute Gasteiger partial charge is 0.311 e. The molecular formula is C19H23NO6S. The number of hydrogen-bond acceptors (Lipinski definition) is 6. The molecule has 1 aliphatic heterocycles. The van der Waals surface area contributed by atoms with Crippen LogP contribution in [0.2, 0.25) is 0 Å². The number of ether oxygens (including phenoxy) is 1. The Morgan fingerprint density at radius 1 is 1.33 bits per heavy atom. The van der Waals surface area contributed by atoms with Gasteiger partial charge in [0.2, 0.25) is 0 Å². The van der Waals surface area contributed by atoms with E-state index < -0.39 is 33.9 Å². The van der Waals surface area contributed by atoms with Gasteiger partial charge in [0.1, 0.15) is 5.58 Å². The maximum Gasteiger partial charge on any atom is 0.311 e. The molecule has 0 unspecified atom stereocenters. The molecular weight excluding hydrogens is 370 g/mol. The Morgan fingerprint density at radius 2 is 2.07 bits per heavy atom. The van der Waals surface area contributed by atoms with Crippen LogP contribution in [0.3, 0.4) is 0 Å². The van der Waals surface area contributed by atoms with Crippen LogP contribution in [0.25, 0.3) is 11.0 Å². The van der Waals surface area contributed by atoms with Gasteiger partial charge in [0.15, 0.2) is 15.9 Å². The second-order valence-electron chi connectivity index (χ2n) is 7.06. The Balaban J connectivity index is 1.59. The number of furan rings is 1. The molecule has 3 rings (SSSR count). The van der Waals surface area contributed by atoms with Gasteiger partial charge in [-0.05, 0) is 38.3 Å². The Morgan fingerprint density at radius 3 is 2.74 bits per heavy atom. The van der Waals surface area contributed by atoms with Crippen molar-refractivity contribution in [1.29, 1.82) is 0 Å². The number of sulfone groups is 1. The van der Waals surface area contributed by atoms with Gasteiger partial charge in [-0.3, -0.25) is 9.59 Å². The van der Waals surface area contributed by atoms with Crippen LogP contribution in [0.1, 0.15) is 30.0 Å². The van der Waals surface area contributed by atoms with Gasteiger partial charge in [0, 0.05) is 17.0 Å². The van der Waals surface area contributed by atoms with Gasteiger partial charge in [0.05, 0.1) is 24.2 Å². The summed E-state index contributed by atoms with van der Waals surface area (Å²) in [6.07, 6.45) is 0.911. The summed E-state index contributed by atoms with van der Waals surface area (Å²) in [7, 11) is -3.08. The Labute approximate surface area is 158 Å². The Hall–Kier alpha value is -2.35. The maximum absolute atomic E-state index is 12.2. The minimum absolute atomic E-state index is 0.00900. The van der Waals surface area contributed by atoms with E-state index in [1.807, 2.05) is 26.0 Å². The van der Waals surface area contributed by atoms with E-state index in [1.165, 1.54) is 13.2 Å². The monoisotopic (exact) mass is 393 g/mol. The molecule has 8 heteroatoms. The summed E-state index contributed by atoms with van der Waals surface area (Å²) in [5.41, 5.74) is 3.57. The zero-order valence-corrected chi connectivity index (χ0v) is 16.4. The van der Waals surface area contributed by atoms with Crippen LogP contribution in [0.5, 0.6) is 0 Å². The van der Waals surface area contributed by atoms with E-state index in [0.29, 0.717) is 12.0 Å². The van der Waals surface area contributed by atoms with Gasteiger partial charge >= 0.3 is 5.97 Å². The van der Waals surface area contributed by atoms with E-state index in [9.17, 15) is 18.0 Å². The third-order valence-electron chi connectivity index (χ3n) is 4.93. The molecule has 0 spiro atoms. The molecule has 1 N–H and O–H groups in total. The lowest BCUT2D eigenvalue weighted by molar-refractivity contribution is -0.154. The van der Waals surface area contributed by atoms with Crippen LogP contribution in [0, 0.1) is 13.8 Å². The number of nitrogens with one attached hydrogen (secondary N) is 1. The minimum Gasteiger partial charge on any atom is -0.464 e. The fourth-order valence-corrected chi connectivity index (χ4v) is 4.87. The van der Waals surface area contributed by atoms with Crippen molar-refractivity contribution in [1.82, 2.24) is 5.32 Å². The SMILES string of the molecule is Cc1ccc2c(CC(=O)O[C@@H](C)C(=O)N[C@@H]3CCS(=O)(=O)C3)coc2c1C. The molecule has 2 atom stereocenters. The highest BCUT2D eigenvalue weighted by atomic mass is 32.2. The highest BCUT2D eigenvalue weighted by Gasteiger charge is 2.30. The third kappa shape index (κ3) is 4.32. The molecule has 0 bridgehead atoms. The van der Waals surface area contributed by atoms with Crippen molar-refractivity contribution in [3.8, 4) is 0 Å². The van der Waals surface area contributed by atoms with Crippen molar-refractivity contribution >= 4 is 32.7 Å². The van der Waals surface area contributed by atoms with Gasteiger partial charge in [-0.2, -0.15) is 0 Å². The fraction of sp³-hybridized carbons (Fsp3) is 0.474. The van der Waals surface area contributed by atoms with Crippen molar-refractivity contribution in [2.45, 2.75) is 45.8 Å². The highest BCUT2D eigenvalue weighted by Crippen LogP contribution is 2.27. The normalized spacial score (nSPS) is 19.7. The first kappa shape index (κ1) is 19.4. The summed E-state index contributed by atoms with van der Waals surface area (Å²) in [6.45, 7) is 5.41. The molecule has 0 aliphatic carbocycles. The second-order valence-corrected chi connectivity index (χ2v) is 9.29. The number of hydrogen-bond donors (Lipinski definition) is 1. The predicted octanol–water partition coefficient (Wildman–Crippen LogP) is 1.83. The molecule has 0 radical (unpaired) electrons. The van der Waals surface area contributed by atoms with Crippen LogP contribution in [0.15, 0.2) is 22.8 Å². The lowest BCUT2D eigenvalue weighted by Crippen LogP contribution is -2.42. The van der Waals surface area contributed by atoms with Gasteiger partial charge in [-0.15, -0.1) is 0 Å². The number of benzene rings is 1. The largest absolute Gasteiger partial charge is 0.464 e. The molecule has 7 nitrogen and oxygen atoms in total. The van der Waals surface area contributed by atoms with Crippen LogP contribution in [-0.2, 0) is 30.6 Å². The fourth-order valence-electron chi connectivity index (χ4n) is 3.20. The predicted molar refractivity (Wildman–Crippen MR) is 100 cm³/mol. The summed E-state index contributed by atoms with van der Waals surface area (Å²) >= 11 is 0. The molecule has 1 saturated heterocycles. The van der Waals surface area contributed by atoms with Crippen LogP contribution >= 0.6 is 0 Å². The second kappa shape index (κ2) is 7.34. The first-order chi connectivity index (χ1) is 12.7. The van der Waals surface area contributed by atoms with Gasteiger partial charge in [0.25, 0.3) is 5.91 Å². The lowest BCUT2D eigenvalue weighted by Gasteiger charge is -2.16. The van der Waals surface area contributed by atoms with Gasteiger partial charge in [-0.1, -0.05) is 12.1 Å². The molecule has 0 saturated carbocycles. The average molecular weight is 393 g/mol. The van der Waals surface area contributed by atoms with Crippen LogP contribution in [-0.4, -0.2) is 43.9 Å². The number of carbonyl (C=O) groups excluding carboxylic acids is 2. The van der Waals surface area contributed by atoms with E-state index >= 15 is 0 Å². The molecule has 1 fully saturated rings. The number of rotatable bonds is 5. The number of carbonyl (C=O) groups is 2. The molecule has 1 amide bonds. The molecule has 1 aromatic carbocycles. The molecule has 27 heavy (non-hydrogen) atoms. The summed E-state index contributed by atoms with van der Waals surface area (Å²) < 4.78 is 33.7. The Kier molecular flexibility index (Phi) is 5.28. The molecule has 2 aromatic rings. The molecule has 2 heterocycles. The van der Waals surface area contributed by atoms with Gasteiger partial charge in [-0.25, -0.2) is 8.42 Å². The van der Waals surface area contributed by atoms with E-state index in [-0.39, 0.29) is 17.9 Å². The van der Waals surface area contributed by atoms with Crippen molar-refractivity contribution in [2.24, 2.45) is 0 Å². The third-order valence-corrected chi connectivity index (χ3v) is 6.70. The van der Waals surface area contributed by atoms with Crippen molar-refractivity contribution in [2.75, 3.05) is 11.5 Å². The summed E-state index contributed by atoms with van der Waals surface area (Å²) in [4.78, 5) is 24.4. The van der Waals surface area contributed by atoms with Crippen molar-refractivity contribution < 1.29 is 27.2 Å². The average Bonchev–Trinajstić information content (AvgIpc) is 3.14. The number of fused-ring (bicyclic) bond motifs is 1. The first-order valence-electron chi connectivity index (χ1n) is 8.83. The number of aryl methyl sites for hydroxylation is 2. The Bertz CT molecular complexity index is 991. The first-order valence-corrected chi connectivity index (χ1v) is 10.6. The van der Waals surface area contributed by atoms with E-state index in [0.717, 1.165) is 22.1 Å². The van der Waals surface area contributed by atoms with Crippen LogP contribution < -0.4 is 5.32 Å².